The molecular weight excluding hydrogens is 331 g/mol. The maximum absolute atomic E-state index is 12.0. The van der Waals surface area contributed by atoms with Crippen LogP contribution in [0.1, 0.15) is 6.42 Å². The molecule has 1 aliphatic rings. The molecule has 0 aromatic carbocycles. The molecule has 0 bridgehead atoms. The Balaban J connectivity index is 0. The maximum Gasteiger partial charge on any atom is 0.241 e. The van der Waals surface area contributed by atoms with Crippen LogP contribution in [-0.2, 0) is 14.3 Å². The van der Waals surface area contributed by atoms with Crippen molar-refractivity contribution in [2.75, 3.05) is 60.5 Å². The van der Waals surface area contributed by atoms with Gasteiger partial charge in [-0.2, -0.15) is 0 Å². The van der Waals surface area contributed by atoms with Gasteiger partial charge in [0.15, 0.2) is 0 Å². The van der Waals surface area contributed by atoms with Crippen molar-refractivity contribution in [3.63, 3.8) is 0 Å². The first-order valence-corrected chi connectivity index (χ1v) is 6.91. The fourth-order valence-electron chi connectivity index (χ4n) is 2.15. The molecule has 2 N–H and O–H groups in total. The Labute approximate surface area is 144 Å². The lowest BCUT2D eigenvalue weighted by Gasteiger charge is -2.35. The average molecular weight is 359 g/mol. The van der Waals surface area contributed by atoms with Crippen molar-refractivity contribution in [2.24, 2.45) is 5.73 Å². The summed E-state index contributed by atoms with van der Waals surface area (Å²) >= 11 is 0. The highest BCUT2D eigenvalue weighted by atomic mass is 35.5. The van der Waals surface area contributed by atoms with Gasteiger partial charge in [0.2, 0.25) is 11.8 Å². The Morgan fingerprint density at radius 3 is 2.18 bits per heavy atom. The van der Waals surface area contributed by atoms with E-state index in [4.69, 9.17) is 10.5 Å². The molecule has 0 aliphatic carbocycles. The van der Waals surface area contributed by atoms with Gasteiger partial charge in [-0.1, -0.05) is 0 Å². The molecular formula is C13H28Cl2N4O3. The predicted molar refractivity (Wildman–Crippen MR) is 90.7 cm³/mol. The Morgan fingerprint density at radius 2 is 1.73 bits per heavy atom. The highest BCUT2D eigenvalue weighted by Gasteiger charge is 2.25. The molecule has 1 fully saturated rings. The molecule has 1 aliphatic heterocycles. The number of halogens is 2. The van der Waals surface area contributed by atoms with Crippen LogP contribution < -0.4 is 5.73 Å². The number of nitrogens with two attached hydrogens (primary N) is 1. The van der Waals surface area contributed by atoms with E-state index in [2.05, 4.69) is 4.90 Å². The third-order valence-corrected chi connectivity index (χ3v) is 3.49. The van der Waals surface area contributed by atoms with E-state index in [1.165, 1.54) is 7.11 Å². The van der Waals surface area contributed by atoms with Crippen molar-refractivity contribution in [3.8, 4) is 0 Å². The van der Waals surface area contributed by atoms with E-state index in [0.717, 1.165) is 19.6 Å². The van der Waals surface area contributed by atoms with Crippen molar-refractivity contribution in [3.05, 3.63) is 0 Å². The Morgan fingerprint density at radius 1 is 1.18 bits per heavy atom. The van der Waals surface area contributed by atoms with Gasteiger partial charge in [0.25, 0.3) is 0 Å². The summed E-state index contributed by atoms with van der Waals surface area (Å²) in [5.41, 5.74) is 5.74. The standard InChI is InChI=1S/C13H26N4O3.2ClH/c1-15(2)12(18)4-5-16-6-8-17(9-7-16)13(19)11(14)10-20-3;;/h11H,4-10,14H2,1-3H3;2*1H. The molecule has 0 aromatic rings. The summed E-state index contributed by atoms with van der Waals surface area (Å²) in [6, 6.07) is -0.582. The first-order valence-electron chi connectivity index (χ1n) is 6.91. The Hall–Kier alpha value is -0.600. The number of carbonyl (C=O) groups excluding carboxylic acids is 2. The summed E-state index contributed by atoms with van der Waals surface area (Å²) in [6.07, 6.45) is 0.518. The van der Waals surface area contributed by atoms with Gasteiger partial charge >= 0.3 is 0 Å². The molecule has 0 radical (unpaired) electrons. The summed E-state index contributed by atoms with van der Waals surface area (Å²) in [4.78, 5) is 29.1. The number of rotatable bonds is 6. The van der Waals surface area contributed by atoms with E-state index in [1.807, 2.05) is 0 Å². The molecule has 7 nitrogen and oxygen atoms in total. The van der Waals surface area contributed by atoms with E-state index in [-0.39, 0.29) is 43.2 Å². The second-order valence-electron chi connectivity index (χ2n) is 5.27. The number of methoxy groups -OCH3 is 1. The van der Waals surface area contributed by atoms with Crippen LogP contribution >= 0.6 is 24.8 Å². The van der Waals surface area contributed by atoms with Crippen LogP contribution in [-0.4, -0.2) is 93.1 Å². The summed E-state index contributed by atoms with van der Waals surface area (Å²) in [5.74, 6) is 0.0708. The number of amides is 2. The molecule has 132 valence electrons. The molecule has 1 heterocycles. The molecule has 1 unspecified atom stereocenters. The third-order valence-electron chi connectivity index (χ3n) is 3.49. The van der Waals surface area contributed by atoms with Gasteiger partial charge in [-0.05, 0) is 0 Å². The highest BCUT2D eigenvalue weighted by molar-refractivity contribution is 5.85. The number of carbonyl (C=O) groups is 2. The lowest BCUT2D eigenvalue weighted by atomic mass is 10.2. The topological polar surface area (TPSA) is 79.1 Å². The quantitative estimate of drug-likeness (QED) is 0.687. The molecule has 22 heavy (non-hydrogen) atoms. The number of hydrogen-bond acceptors (Lipinski definition) is 5. The van der Waals surface area contributed by atoms with Gasteiger partial charge in [0, 0.05) is 60.3 Å². The molecule has 0 aromatic heterocycles. The van der Waals surface area contributed by atoms with Gasteiger partial charge in [-0.15, -0.1) is 24.8 Å². The summed E-state index contributed by atoms with van der Waals surface area (Å²) in [7, 11) is 5.05. The first-order chi connectivity index (χ1) is 9.45. The second kappa shape index (κ2) is 11.9. The lowest BCUT2D eigenvalue weighted by Crippen LogP contribution is -2.54. The van der Waals surface area contributed by atoms with Gasteiger partial charge in [0.1, 0.15) is 6.04 Å². The second-order valence-corrected chi connectivity index (χ2v) is 5.27. The summed E-state index contributed by atoms with van der Waals surface area (Å²) in [5, 5.41) is 0. The van der Waals surface area contributed by atoms with Crippen LogP contribution in [0.25, 0.3) is 0 Å². The van der Waals surface area contributed by atoms with Crippen molar-refractivity contribution < 1.29 is 14.3 Å². The van der Waals surface area contributed by atoms with Crippen LogP contribution in [0.3, 0.4) is 0 Å². The smallest absolute Gasteiger partial charge is 0.241 e. The van der Waals surface area contributed by atoms with Gasteiger partial charge < -0.3 is 20.3 Å². The highest BCUT2D eigenvalue weighted by Crippen LogP contribution is 2.05. The molecule has 9 heteroatoms. The Bertz CT molecular complexity index is 337. The van der Waals surface area contributed by atoms with Crippen LogP contribution in [0.5, 0.6) is 0 Å². The first kappa shape index (κ1) is 23.7. The fourth-order valence-corrected chi connectivity index (χ4v) is 2.15. The molecule has 1 saturated heterocycles. The summed E-state index contributed by atoms with van der Waals surface area (Å²) < 4.78 is 4.90. The summed E-state index contributed by atoms with van der Waals surface area (Å²) in [6.45, 7) is 3.87. The van der Waals surface area contributed by atoms with Gasteiger partial charge in [-0.25, -0.2) is 0 Å². The van der Waals surface area contributed by atoms with E-state index in [9.17, 15) is 9.59 Å². The minimum atomic E-state index is -0.582. The predicted octanol–water partition coefficient (Wildman–Crippen LogP) is -0.574. The molecule has 1 atom stereocenters. The van der Waals surface area contributed by atoms with Crippen LogP contribution in [0.15, 0.2) is 0 Å². The zero-order valence-electron chi connectivity index (χ0n) is 13.5. The fraction of sp³-hybridized carbons (Fsp3) is 0.846. The molecule has 0 spiro atoms. The Kier molecular flexibility index (Phi) is 12.8. The largest absolute Gasteiger partial charge is 0.383 e. The minimum absolute atomic E-state index is 0. The maximum atomic E-state index is 12.0. The van der Waals surface area contributed by atoms with Crippen LogP contribution in [0.2, 0.25) is 0 Å². The van der Waals surface area contributed by atoms with Gasteiger partial charge in [0.05, 0.1) is 6.61 Å². The number of hydrogen-bond donors (Lipinski definition) is 1. The normalized spacial score (nSPS) is 16.3. The van der Waals surface area contributed by atoms with Crippen molar-refractivity contribution in [1.29, 1.82) is 0 Å². The minimum Gasteiger partial charge on any atom is -0.383 e. The van der Waals surface area contributed by atoms with E-state index >= 15 is 0 Å². The molecule has 0 saturated carbocycles. The van der Waals surface area contributed by atoms with E-state index in [0.29, 0.717) is 19.5 Å². The van der Waals surface area contributed by atoms with Crippen molar-refractivity contribution in [2.45, 2.75) is 12.5 Å². The van der Waals surface area contributed by atoms with Crippen molar-refractivity contribution in [1.82, 2.24) is 14.7 Å². The monoisotopic (exact) mass is 358 g/mol. The zero-order valence-corrected chi connectivity index (χ0v) is 15.1. The van der Waals surface area contributed by atoms with E-state index < -0.39 is 6.04 Å². The van der Waals surface area contributed by atoms with Gasteiger partial charge in [-0.3, -0.25) is 14.5 Å². The number of nitrogens with zero attached hydrogens (tertiary/aromatic N) is 3. The number of ether oxygens (including phenoxy) is 1. The van der Waals surface area contributed by atoms with Crippen molar-refractivity contribution >= 4 is 36.6 Å². The molecule has 2 amide bonds. The SMILES string of the molecule is COCC(N)C(=O)N1CCN(CCC(=O)N(C)C)CC1.Cl.Cl. The number of piperazine rings is 1. The molecule has 1 rings (SSSR count). The van der Waals surface area contributed by atoms with E-state index in [1.54, 1.807) is 23.9 Å². The van der Waals surface area contributed by atoms with Crippen LogP contribution in [0.4, 0.5) is 0 Å². The lowest BCUT2D eigenvalue weighted by molar-refractivity contribution is -0.136. The average Bonchev–Trinajstić information content (AvgIpc) is 2.44. The zero-order chi connectivity index (χ0) is 15.1. The third kappa shape index (κ3) is 7.60. The van der Waals surface area contributed by atoms with Crippen LogP contribution in [0, 0.1) is 0 Å².